The van der Waals surface area contributed by atoms with Gasteiger partial charge in [0.15, 0.2) is 0 Å². The standard InChI is InChI=1S/C27H37F3N4OS/c28-27(29,30)22-7-8-26-24(21-22)34(23-5-1-2-6-25(23)36-26)12-4-11-32-15-13-31(14-16-32)9-3-10-33-17-19-35-20-18-33/h5-8,21H,1-4,9-20H2. The number of piperazine rings is 1. The van der Waals surface area contributed by atoms with Gasteiger partial charge in [-0.1, -0.05) is 23.9 Å². The smallest absolute Gasteiger partial charge is 0.379 e. The fourth-order valence-corrected chi connectivity index (χ4v) is 6.63. The van der Waals surface area contributed by atoms with Gasteiger partial charge in [-0.3, -0.25) is 4.90 Å². The predicted octanol–water partition coefficient (Wildman–Crippen LogP) is 4.91. The Morgan fingerprint density at radius 1 is 0.778 bits per heavy atom. The van der Waals surface area contributed by atoms with Gasteiger partial charge in [-0.15, -0.1) is 0 Å². The molecule has 1 aromatic rings. The summed E-state index contributed by atoms with van der Waals surface area (Å²) in [5.41, 5.74) is 1.22. The first-order chi connectivity index (χ1) is 17.5. The summed E-state index contributed by atoms with van der Waals surface area (Å²) in [6.07, 6.45) is 4.17. The number of benzene rings is 1. The predicted molar refractivity (Wildman–Crippen MR) is 139 cm³/mol. The van der Waals surface area contributed by atoms with Gasteiger partial charge in [-0.05, 0) is 63.5 Å². The summed E-state index contributed by atoms with van der Waals surface area (Å²) in [4.78, 5) is 11.8. The summed E-state index contributed by atoms with van der Waals surface area (Å²) < 4.78 is 45.8. The molecule has 2 saturated heterocycles. The minimum Gasteiger partial charge on any atom is -0.379 e. The van der Waals surface area contributed by atoms with E-state index in [0.717, 1.165) is 109 Å². The highest BCUT2D eigenvalue weighted by Gasteiger charge is 2.34. The lowest BCUT2D eigenvalue weighted by Gasteiger charge is -2.38. The van der Waals surface area contributed by atoms with Gasteiger partial charge in [0.05, 0.1) is 30.2 Å². The van der Waals surface area contributed by atoms with E-state index in [1.54, 1.807) is 17.8 Å². The van der Waals surface area contributed by atoms with Crippen molar-refractivity contribution >= 4 is 17.4 Å². The van der Waals surface area contributed by atoms with E-state index < -0.39 is 11.7 Å². The molecule has 9 heteroatoms. The molecule has 3 aliphatic heterocycles. The summed E-state index contributed by atoms with van der Waals surface area (Å²) in [5.74, 6) is 0. The van der Waals surface area contributed by atoms with E-state index in [2.05, 4.69) is 31.8 Å². The maximum Gasteiger partial charge on any atom is 0.416 e. The van der Waals surface area contributed by atoms with E-state index in [0.29, 0.717) is 5.69 Å². The van der Waals surface area contributed by atoms with Crippen LogP contribution in [0.25, 0.3) is 0 Å². The molecule has 0 spiro atoms. The first-order valence-corrected chi connectivity index (χ1v) is 14.1. The molecule has 1 aliphatic carbocycles. The van der Waals surface area contributed by atoms with E-state index in [1.807, 2.05) is 0 Å². The maximum atomic E-state index is 13.4. The first kappa shape index (κ1) is 26.1. The largest absolute Gasteiger partial charge is 0.416 e. The number of anilines is 1. The molecule has 0 atom stereocenters. The number of alkyl halides is 3. The Labute approximate surface area is 216 Å². The minimum absolute atomic E-state index is 0.569. The number of allylic oxidation sites excluding steroid dienone is 2. The number of ether oxygens (including phenoxy) is 1. The average molecular weight is 523 g/mol. The van der Waals surface area contributed by atoms with Crippen LogP contribution in [0.5, 0.6) is 0 Å². The number of fused-ring (bicyclic) bond motifs is 2. The van der Waals surface area contributed by atoms with E-state index >= 15 is 0 Å². The topological polar surface area (TPSA) is 22.2 Å². The molecular weight excluding hydrogens is 485 g/mol. The third-order valence-corrected chi connectivity index (χ3v) is 8.71. The van der Waals surface area contributed by atoms with E-state index in [1.165, 1.54) is 23.5 Å². The summed E-state index contributed by atoms with van der Waals surface area (Å²) in [6, 6.07) is 4.19. The Bertz CT molecular complexity index is 953. The number of hydrogen-bond acceptors (Lipinski definition) is 6. The van der Waals surface area contributed by atoms with E-state index in [-0.39, 0.29) is 0 Å². The van der Waals surface area contributed by atoms with Crippen LogP contribution in [0.2, 0.25) is 0 Å². The third kappa shape index (κ3) is 6.48. The molecule has 5 nitrogen and oxygen atoms in total. The van der Waals surface area contributed by atoms with Crippen LogP contribution in [0.1, 0.15) is 31.2 Å². The van der Waals surface area contributed by atoms with Gasteiger partial charge < -0.3 is 19.4 Å². The Balaban J connectivity index is 1.12. The van der Waals surface area contributed by atoms with Crippen LogP contribution in [-0.4, -0.2) is 93.4 Å². The monoisotopic (exact) mass is 522 g/mol. The summed E-state index contributed by atoms with van der Waals surface area (Å²) in [5, 5.41) is 0. The molecule has 0 radical (unpaired) electrons. The van der Waals surface area contributed by atoms with Crippen molar-refractivity contribution in [2.75, 3.05) is 83.6 Å². The van der Waals surface area contributed by atoms with Crippen molar-refractivity contribution < 1.29 is 17.9 Å². The molecule has 0 amide bonds. The zero-order chi connectivity index (χ0) is 25.0. The van der Waals surface area contributed by atoms with Crippen molar-refractivity contribution in [2.45, 2.75) is 36.8 Å². The zero-order valence-electron chi connectivity index (χ0n) is 20.9. The van der Waals surface area contributed by atoms with Gasteiger partial charge >= 0.3 is 6.18 Å². The highest BCUT2D eigenvalue weighted by Crippen LogP contribution is 2.49. The molecule has 1 aromatic carbocycles. The number of morpholine rings is 1. The molecule has 0 saturated carbocycles. The van der Waals surface area contributed by atoms with Crippen LogP contribution in [0.3, 0.4) is 0 Å². The number of thioether (sulfide) groups is 1. The fourth-order valence-electron chi connectivity index (χ4n) is 5.49. The SMILES string of the molecule is FC(F)(F)c1ccc2c(c1)N(CCCN1CCN(CCCN3CCOCC3)CC1)C1=CCCC=C1S2. The zero-order valence-corrected chi connectivity index (χ0v) is 21.8. The van der Waals surface area contributed by atoms with Crippen molar-refractivity contribution in [1.82, 2.24) is 14.7 Å². The van der Waals surface area contributed by atoms with Gasteiger partial charge in [0.1, 0.15) is 0 Å². The van der Waals surface area contributed by atoms with Gasteiger partial charge in [0.2, 0.25) is 0 Å². The van der Waals surface area contributed by atoms with Crippen LogP contribution >= 0.6 is 11.8 Å². The van der Waals surface area contributed by atoms with Crippen molar-refractivity contribution in [3.8, 4) is 0 Å². The summed E-state index contributed by atoms with van der Waals surface area (Å²) in [7, 11) is 0. The molecule has 3 heterocycles. The lowest BCUT2D eigenvalue weighted by molar-refractivity contribution is -0.137. The Morgan fingerprint density at radius 2 is 1.39 bits per heavy atom. The van der Waals surface area contributed by atoms with Crippen LogP contribution in [0.4, 0.5) is 18.9 Å². The molecule has 198 valence electrons. The van der Waals surface area contributed by atoms with Crippen molar-refractivity contribution in [1.29, 1.82) is 0 Å². The molecule has 0 aromatic heterocycles. The Morgan fingerprint density at radius 3 is 2.06 bits per heavy atom. The second kappa shape index (κ2) is 11.9. The third-order valence-electron chi connectivity index (χ3n) is 7.55. The first-order valence-electron chi connectivity index (χ1n) is 13.3. The minimum atomic E-state index is -4.33. The van der Waals surface area contributed by atoms with Crippen LogP contribution < -0.4 is 4.90 Å². The Kier molecular flexibility index (Phi) is 8.63. The molecule has 0 N–H and O–H groups in total. The number of nitrogens with zero attached hydrogens (tertiary/aromatic N) is 4. The van der Waals surface area contributed by atoms with Crippen molar-refractivity contribution in [3.63, 3.8) is 0 Å². The summed E-state index contributed by atoms with van der Waals surface area (Å²) >= 11 is 1.60. The van der Waals surface area contributed by atoms with Gasteiger partial charge in [-0.25, -0.2) is 0 Å². The number of hydrogen-bond donors (Lipinski definition) is 0. The van der Waals surface area contributed by atoms with Crippen LogP contribution in [0.15, 0.2) is 45.8 Å². The van der Waals surface area contributed by atoms with Gasteiger partial charge in [0.25, 0.3) is 0 Å². The van der Waals surface area contributed by atoms with Crippen molar-refractivity contribution in [2.24, 2.45) is 0 Å². The van der Waals surface area contributed by atoms with Gasteiger partial charge in [-0.2, -0.15) is 13.2 Å². The molecule has 36 heavy (non-hydrogen) atoms. The lowest BCUT2D eigenvalue weighted by atomic mass is 10.1. The molecule has 4 aliphatic rings. The molecule has 5 rings (SSSR count). The maximum absolute atomic E-state index is 13.4. The van der Waals surface area contributed by atoms with Crippen molar-refractivity contribution in [3.05, 3.63) is 46.5 Å². The highest BCUT2D eigenvalue weighted by molar-refractivity contribution is 8.03. The second-order valence-corrected chi connectivity index (χ2v) is 11.1. The fraction of sp³-hybridized carbons (Fsp3) is 0.630. The van der Waals surface area contributed by atoms with Crippen LogP contribution in [0, 0.1) is 0 Å². The van der Waals surface area contributed by atoms with Gasteiger partial charge in [0, 0.05) is 55.6 Å². The molecule has 0 bridgehead atoms. The molecule has 0 unspecified atom stereocenters. The lowest BCUT2D eigenvalue weighted by Crippen LogP contribution is -2.47. The quantitative estimate of drug-likeness (QED) is 0.481. The average Bonchev–Trinajstić information content (AvgIpc) is 2.89. The number of rotatable bonds is 8. The number of halogens is 3. The summed E-state index contributed by atoms with van der Waals surface area (Å²) in [6.45, 7) is 12.2. The van der Waals surface area contributed by atoms with Crippen LogP contribution in [-0.2, 0) is 10.9 Å². The Hall–Kier alpha value is -1.52. The van der Waals surface area contributed by atoms with E-state index in [9.17, 15) is 13.2 Å². The second-order valence-electron chi connectivity index (χ2n) is 10.0. The molecule has 2 fully saturated rings. The molecular formula is C27H37F3N4OS. The highest BCUT2D eigenvalue weighted by atomic mass is 32.2. The van der Waals surface area contributed by atoms with E-state index in [4.69, 9.17) is 4.74 Å². The normalized spacial score (nSPS) is 22.1.